The number of pyridine rings is 1. The third kappa shape index (κ3) is 4.49. The maximum atomic E-state index is 12.7. The summed E-state index contributed by atoms with van der Waals surface area (Å²) in [7, 11) is 0. The minimum absolute atomic E-state index is 0.265. The van der Waals surface area contributed by atoms with Crippen molar-refractivity contribution in [2.75, 3.05) is 28.6 Å². The first-order valence-corrected chi connectivity index (χ1v) is 9.33. The van der Waals surface area contributed by atoms with Crippen molar-refractivity contribution < 1.29 is 9.32 Å². The van der Waals surface area contributed by atoms with E-state index in [0.29, 0.717) is 23.0 Å². The van der Waals surface area contributed by atoms with Crippen molar-refractivity contribution >= 4 is 28.8 Å². The Hall–Kier alpha value is -3.35. The van der Waals surface area contributed by atoms with Crippen LogP contribution in [-0.4, -0.2) is 29.1 Å². The van der Waals surface area contributed by atoms with Crippen LogP contribution in [0.4, 0.5) is 22.9 Å². The average molecular weight is 379 g/mol. The van der Waals surface area contributed by atoms with Gasteiger partial charge in [-0.1, -0.05) is 5.16 Å². The molecule has 7 heteroatoms. The van der Waals surface area contributed by atoms with Gasteiger partial charge in [-0.15, -0.1) is 0 Å². The molecule has 0 bridgehead atoms. The number of aryl methyl sites for hydroxylation is 2. The van der Waals surface area contributed by atoms with E-state index >= 15 is 0 Å². The van der Waals surface area contributed by atoms with E-state index in [2.05, 4.69) is 45.6 Å². The van der Waals surface area contributed by atoms with E-state index in [9.17, 15) is 4.79 Å². The van der Waals surface area contributed by atoms with E-state index in [1.807, 2.05) is 26.0 Å². The molecule has 0 saturated heterocycles. The fourth-order valence-corrected chi connectivity index (χ4v) is 2.97. The maximum absolute atomic E-state index is 12.7. The summed E-state index contributed by atoms with van der Waals surface area (Å²) in [5.41, 5.74) is 3.95. The molecule has 1 amide bonds. The second-order valence-corrected chi connectivity index (χ2v) is 6.50. The summed E-state index contributed by atoms with van der Waals surface area (Å²) in [6, 6.07) is 11.3. The number of benzene rings is 1. The lowest BCUT2D eigenvalue weighted by molar-refractivity contribution is 0.102. The van der Waals surface area contributed by atoms with E-state index in [1.165, 1.54) is 0 Å². The number of amides is 1. The monoisotopic (exact) mass is 379 g/mol. The summed E-state index contributed by atoms with van der Waals surface area (Å²) in [4.78, 5) is 19.1. The average Bonchev–Trinajstić information content (AvgIpc) is 3.09. The van der Waals surface area contributed by atoms with Gasteiger partial charge < -0.3 is 20.1 Å². The predicted octanol–water partition coefficient (Wildman–Crippen LogP) is 4.53. The Bertz CT molecular complexity index is 963. The Morgan fingerprint density at radius 3 is 2.54 bits per heavy atom. The number of anilines is 4. The SMILES string of the molecule is CCN(CC)c1ccc(NC(=O)c2cc(Nc3cc(C)on3)ccn2)c(C)c1. The van der Waals surface area contributed by atoms with Crippen molar-refractivity contribution in [3.63, 3.8) is 0 Å². The van der Waals surface area contributed by atoms with E-state index in [-0.39, 0.29) is 5.91 Å². The summed E-state index contributed by atoms with van der Waals surface area (Å²) >= 11 is 0. The first-order chi connectivity index (χ1) is 13.5. The van der Waals surface area contributed by atoms with Crippen molar-refractivity contribution in [2.45, 2.75) is 27.7 Å². The number of hydrogen-bond acceptors (Lipinski definition) is 6. The molecular formula is C21H25N5O2. The van der Waals surface area contributed by atoms with E-state index in [1.54, 1.807) is 24.4 Å². The van der Waals surface area contributed by atoms with Crippen LogP contribution >= 0.6 is 0 Å². The van der Waals surface area contributed by atoms with Crippen molar-refractivity contribution in [3.05, 3.63) is 59.6 Å². The highest BCUT2D eigenvalue weighted by Gasteiger charge is 2.12. The molecule has 7 nitrogen and oxygen atoms in total. The smallest absolute Gasteiger partial charge is 0.274 e. The third-order valence-corrected chi connectivity index (χ3v) is 4.48. The summed E-state index contributed by atoms with van der Waals surface area (Å²) in [6.07, 6.45) is 1.58. The van der Waals surface area contributed by atoms with Gasteiger partial charge in [-0.05, 0) is 63.6 Å². The van der Waals surface area contributed by atoms with Crippen LogP contribution in [0.15, 0.2) is 47.1 Å². The molecule has 2 heterocycles. The molecule has 3 aromatic rings. The molecule has 0 atom stereocenters. The number of hydrogen-bond donors (Lipinski definition) is 2. The summed E-state index contributed by atoms with van der Waals surface area (Å²) in [5.74, 6) is 1.02. The minimum Gasteiger partial charge on any atom is -0.372 e. The van der Waals surface area contributed by atoms with Crippen LogP contribution in [0.25, 0.3) is 0 Å². The standard InChI is InChI=1S/C21H25N5O2/c1-5-26(6-2)17-7-8-18(14(3)11-17)24-21(27)19-13-16(9-10-22-19)23-20-12-15(4)28-25-20/h7-13H,5-6H2,1-4H3,(H,24,27)(H,22,23,25). The Labute approximate surface area is 164 Å². The highest BCUT2D eigenvalue weighted by atomic mass is 16.5. The van der Waals surface area contributed by atoms with Gasteiger partial charge >= 0.3 is 0 Å². The summed E-state index contributed by atoms with van der Waals surface area (Å²) in [6.45, 7) is 9.94. The number of carbonyl (C=O) groups excluding carboxylic acids is 1. The lowest BCUT2D eigenvalue weighted by Gasteiger charge is -2.22. The highest BCUT2D eigenvalue weighted by molar-refractivity contribution is 6.03. The van der Waals surface area contributed by atoms with Crippen molar-refractivity contribution in [1.29, 1.82) is 0 Å². The van der Waals surface area contributed by atoms with Crippen molar-refractivity contribution in [2.24, 2.45) is 0 Å². The Morgan fingerprint density at radius 1 is 1.11 bits per heavy atom. The maximum Gasteiger partial charge on any atom is 0.274 e. The van der Waals surface area contributed by atoms with Crippen LogP contribution in [0.5, 0.6) is 0 Å². The topological polar surface area (TPSA) is 83.3 Å². The fourth-order valence-electron chi connectivity index (χ4n) is 2.97. The first kappa shape index (κ1) is 19.4. The lowest BCUT2D eigenvalue weighted by Crippen LogP contribution is -2.22. The second kappa shape index (κ2) is 8.56. The molecule has 0 saturated carbocycles. The molecule has 0 spiro atoms. The zero-order valence-electron chi connectivity index (χ0n) is 16.6. The second-order valence-electron chi connectivity index (χ2n) is 6.50. The Balaban J connectivity index is 1.73. The van der Waals surface area contributed by atoms with E-state index in [0.717, 1.165) is 30.0 Å². The minimum atomic E-state index is -0.265. The number of aromatic nitrogens is 2. The van der Waals surface area contributed by atoms with Crippen molar-refractivity contribution in [3.8, 4) is 0 Å². The van der Waals surface area contributed by atoms with Crippen LogP contribution in [0.3, 0.4) is 0 Å². The molecule has 0 aliphatic rings. The molecule has 146 valence electrons. The molecule has 2 N–H and O–H groups in total. The molecule has 0 unspecified atom stereocenters. The van der Waals surface area contributed by atoms with Gasteiger partial charge in [0.15, 0.2) is 5.82 Å². The van der Waals surface area contributed by atoms with Gasteiger partial charge in [-0.2, -0.15) is 0 Å². The number of carbonyl (C=O) groups is 1. The van der Waals surface area contributed by atoms with E-state index in [4.69, 9.17) is 4.52 Å². The zero-order valence-corrected chi connectivity index (χ0v) is 16.6. The highest BCUT2D eigenvalue weighted by Crippen LogP contribution is 2.23. The van der Waals surface area contributed by atoms with Crippen LogP contribution in [-0.2, 0) is 0 Å². The third-order valence-electron chi connectivity index (χ3n) is 4.48. The zero-order chi connectivity index (χ0) is 20.1. The molecule has 3 rings (SSSR count). The number of nitrogens with one attached hydrogen (secondary N) is 2. The molecule has 2 aromatic heterocycles. The Kier molecular flexibility index (Phi) is 5.93. The van der Waals surface area contributed by atoms with Crippen LogP contribution in [0.2, 0.25) is 0 Å². The van der Waals surface area contributed by atoms with Gasteiger partial charge in [0.05, 0.1) is 0 Å². The number of nitrogens with zero attached hydrogens (tertiary/aromatic N) is 3. The predicted molar refractivity (Wildman–Crippen MR) is 111 cm³/mol. The normalized spacial score (nSPS) is 10.6. The Morgan fingerprint density at radius 2 is 1.89 bits per heavy atom. The van der Waals surface area contributed by atoms with E-state index < -0.39 is 0 Å². The summed E-state index contributed by atoms with van der Waals surface area (Å²) in [5, 5.41) is 9.93. The molecule has 28 heavy (non-hydrogen) atoms. The van der Waals surface area contributed by atoms with Crippen LogP contribution in [0.1, 0.15) is 35.7 Å². The molecule has 0 radical (unpaired) electrons. The van der Waals surface area contributed by atoms with Gasteiger partial charge in [-0.25, -0.2) is 0 Å². The van der Waals surface area contributed by atoms with Gasteiger partial charge in [0, 0.05) is 42.4 Å². The quantitative estimate of drug-likeness (QED) is 0.628. The molecule has 0 aliphatic heterocycles. The molecular weight excluding hydrogens is 354 g/mol. The number of rotatable bonds is 7. The fraction of sp³-hybridized carbons (Fsp3) is 0.286. The first-order valence-electron chi connectivity index (χ1n) is 9.33. The lowest BCUT2D eigenvalue weighted by atomic mass is 10.1. The van der Waals surface area contributed by atoms with Crippen LogP contribution in [0, 0.1) is 13.8 Å². The van der Waals surface area contributed by atoms with Gasteiger partial charge in [-0.3, -0.25) is 9.78 Å². The largest absolute Gasteiger partial charge is 0.372 e. The summed E-state index contributed by atoms with van der Waals surface area (Å²) < 4.78 is 5.04. The van der Waals surface area contributed by atoms with Gasteiger partial charge in [0.2, 0.25) is 0 Å². The van der Waals surface area contributed by atoms with Crippen LogP contribution < -0.4 is 15.5 Å². The molecule has 0 fully saturated rings. The van der Waals surface area contributed by atoms with Gasteiger partial charge in [0.1, 0.15) is 11.5 Å². The molecule has 1 aromatic carbocycles. The van der Waals surface area contributed by atoms with Gasteiger partial charge in [0.25, 0.3) is 5.91 Å². The molecule has 0 aliphatic carbocycles. The van der Waals surface area contributed by atoms with Crippen molar-refractivity contribution in [1.82, 2.24) is 10.1 Å².